The van der Waals surface area contributed by atoms with Crippen molar-refractivity contribution in [3.8, 4) is 0 Å². The van der Waals surface area contributed by atoms with Crippen molar-refractivity contribution in [3.63, 3.8) is 0 Å². The van der Waals surface area contributed by atoms with E-state index in [1.165, 1.54) is 6.42 Å². The van der Waals surface area contributed by atoms with Crippen molar-refractivity contribution >= 4 is 11.6 Å². The van der Waals surface area contributed by atoms with E-state index in [-0.39, 0.29) is 0 Å². The maximum absolute atomic E-state index is 5.76. The van der Waals surface area contributed by atoms with Crippen molar-refractivity contribution in [3.05, 3.63) is 0 Å². The fourth-order valence-corrected chi connectivity index (χ4v) is 1.65. The lowest BCUT2D eigenvalue weighted by Crippen LogP contribution is -2.35. The van der Waals surface area contributed by atoms with Crippen molar-refractivity contribution in [2.75, 3.05) is 32.2 Å². The minimum atomic E-state index is 0.635. The van der Waals surface area contributed by atoms with Crippen LogP contribution in [0, 0.1) is 0 Å². The van der Waals surface area contributed by atoms with E-state index in [0.717, 1.165) is 38.6 Å². The molecule has 0 saturated carbocycles. The Morgan fingerprint density at radius 1 is 1.29 bits per heavy atom. The summed E-state index contributed by atoms with van der Waals surface area (Å²) in [6.07, 6.45) is 2.29. The van der Waals surface area contributed by atoms with Gasteiger partial charge in [-0.15, -0.1) is 11.6 Å². The molecule has 86 valence electrons. The first-order valence-corrected chi connectivity index (χ1v) is 6.17. The summed E-state index contributed by atoms with van der Waals surface area (Å²) >= 11 is 5.76. The molecule has 0 fully saturated rings. The van der Waals surface area contributed by atoms with E-state index in [1.807, 2.05) is 6.92 Å². The van der Waals surface area contributed by atoms with E-state index in [9.17, 15) is 0 Å². The van der Waals surface area contributed by atoms with E-state index in [1.54, 1.807) is 0 Å². The van der Waals surface area contributed by atoms with E-state index < -0.39 is 0 Å². The lowest BCUT2D eigenvalue weighted by Gasteiger charge is -2.27. The molecule has 0 aromatic rings. The molecule has 0 N–H and O–H groups in total. The van der Waals surface area contributed by atoms with Gasteiger partial charge in [0.1, 0.15) is 0 Å². The molecule has 0 aliphatic rings. The Labute approximate surface area is 93.6 Å². The van der Waals surface area contributed by atoms with Crippen LogP contribution >= 0.6 is 11.6 Å². The van der Waals surface area contributed by atoms with Crippen LogP contribution in [0.4, 0.5) is 0 Å². The molecule has 3 heteroatoms. The van der Waals surface area contributed by atoms with Crippen LogP contribution in [0.15, 0.2) is 0 Å². The van der Waals surface area contributed by atoms with Gasteiger partial charge in [0.05, 0.1) is 0 Å². The lowest BCUT2D eigenvalue weighted by molar-refractivity contribution is 0.124. The predicted molar refractivity (Wildman–Crippen MR) is 63.2 cm³/mol. The third-order valence-electron chi connectivity index (χ3n) is 2.52. The molecule has 1 unspecified atom stereocenters. The quantitative estimate of drug-likeness (QED) is 0.439. The summed E-state index contributed by atoms with van der Waals surface area (Å²) in [5, 5.41) is 0. The number of ether oxygens (including phenoxy) is 1. The summed E-state index contributed by atoms with van der Waals surface area (Å²) in [4.78, 5) is 2.44. The van der Waals surface area contributed by atoms with Gasteiger partial charge in [0.15, 0.2) is 0 Å². The van der Waals surface area contributed by atoms with Crippen molar-refractivity contribution in [1.29, 1.82) is 0 Å². The van der Waals surface area contributed by atoms with Gasteiger partial charge in [0.25, 0.3) is 0 Å². The first-order chi connectivity index (χ1) is 6.76. The van der Waals surface area contributed by atoms with Crippen LogP contribution < -0.4 is 0 Å². The van der Waals surface area contributed by atoms with E-state index in [0.29, 0.717) is 6.04 Å². The highest BCUT2D eigenvalue weighted by molar-refractivity contribution is 6.18. The van der Waals surface area contributed by atoms with E-state index in [4.69, 9.17) is 16.3 Å². The average molecular weight is 222 g/mol. The topological polar surface area (TPSA) is 12.5 Å². The Kier molecular flexibility index (Phi) is 9.90. The number of rotatable bonds is 9. The highest BCUT2D eigenvalue weighted by atomic mass is 35.5. The van der Waals surface area contributed by atoms with Crippen LogP contribution in [-0.2, 0) is 4.74 Å². The standard InChI is InChI=1S/C11H24ClNO/c1-4-11(3)13(9-7-12)8-6-10-14-5-2/h11H,4-10H2,1-3H3. The Bertz CT molecular complexity index is 122. The Morgan fingerprint density at radius 2 is 2.00 bits per heavy atom. The summed E-state index contributed by atoms with van der Waals surface area (Å²) in [5.74, 6) is 0.721. The third-order valence-corrected chi connectivity index (χ3v) is 2.69. The first kappa shape index (κ1) is 14.2. The molecule has 0 aromatic carbocycles. The smallest absolute Gasteiger partial charge is 0.0478 e. The zero-order valence-electron chi connectivity index (χ0n) is 9.76. The minimum absolute atomic E-state index is 0.635. The number of halogens is 1. The van der Waals surface area contributed by atoms with Crippen LogP contribution in [-0.4, -0.2) is 43.1 Å². The van der Waals surface area contributed by atoms with Gasteiger partial charge in [0, 0.05) is 38.2 Å². The SMILES string of the molecule is CCOCCCN(CCCl)C(C)CC. The maximum atomic E-state index is 5.76. The van der Waals surface area contributed by atoms with Gasteiger partial charge in [-0.2, -0.15) is 0 Å². The summed E-state index contributed by atoms with van der Waals surface area (Å²) in [5.41, 5.74) is 0. The second-order valence-corrected chi connectivity index (χ2v) is 3.91. The van der Waals surface area contributed by atoms with Crippen molar-refractivity contribution in [1.82, 2.24) is 4.90 Å². The normalized spacial score (nSPS) is 13.5. The molecule has 0 spiro atoms. The Balaban J connectivity index is 3.61. The first-order valence-electron chi connectivity index (χ1n) is 5.64. The van der Waals surface area contributed by atoms with Gasteiger partial charge in [-0.25, -0.2) is 0 Å². The van der Waals surface area contributed by atoms with Gasteiger partial charge < -0.3 is 4.74 Å². The summed E-state index contributed by atoms with van der Waals surface area (Å²) in [6, 6.07) is 0.635. The molecule has 14 heavy (non-hydrogen) atoms. The second kappa shape index (κ2) is 9.75. The Hall–Kier alpha value is 0.210. The van der Waals surface area contributed by atoms with Gasteiger partial charge in [-0.1, -0.05) is 6.92 Å². The van der Waals surface area contributed by atoms with Crippen LogP contribution in [0.2, 0.25) is 0 Å². The summed E-state index contributed by atoms with van der Waals surface area (Å²) in [6.45, 7) is 10.3. The van der Waals surface area contributed by atoms with Gasteiger partial charge in [0.2, 0.25) is 0 Å². The monoisotopic (exact) mass is 221 g/mol. The molecule has 0 aromatic heterocycles. The molecule has 0 rings (SSSR count). The zero-order valence-corrected chi connectivity index (χ0v) is 10.5. The number of alkyl halides is 1. The van der Waals surface area contributed by atoms with Gasteiger partial charge in [-0.3, -0.25) is 4.90 Å². The van der Waals surface area contributed by atoms with Crippen molar-refractivity contribution in [2.45, 2.75) is 39.7 Å². The summed E-state index contributed by atoms with van der Waals surface area (Å²) < 4.78 is 5.32. The molecule has 0 bridgehead atoms. The van der Waals surface area contributed by atoms with Crippen LogP contribution in [0.1, 0.15) is 33.6 Å². The number of hydrogen-bond donors (Lipinski definition) is 0. The highest BCUT2D eigenvalue weighted by Gasteiger charge is 2.10. The molecule has 1 atom stereocenters. The minimum Gasteiger partial charge on any atom is -0.382 e. The molecule has 0 heterocycles. The van der Waals surface area contributed by atoms with Crippen molar-refractivity contribution in [2.24, 2.45) is 0 Å². The Morgan fingerprint density at radius 3 is 2.50 bits per heavy atom. The predicted octanol–water partition coefficient (Wildman–Crippen LogP) is 2.75. The van der Waals surface area contributed by atoms with Crippen LogP contribution in [0.25, 0.3) is 0 Å². The molecule has 0 aliphatic carbocycles. The van der Waals surface area contributed by atoms with Crippen molar-refractivity contribution < 1.29 is 4.74 Å². The van der Waals surface area contributed by atoms with Gasteiger partial charge in [-0.05, 0) is 26.7 Å². The van der Waals surface area contributed by atoms with Crippen LogP contribution in [0.3, 0.4) is 0 Å². The molecule has 0 radical (unpaired) electrons. The number of nitrogens with zero attached hydrogens (tertiary/aromatic N) is 1. The fraction of sp³-hybridized carbons (Fsp3) is 1.00. The molecule has 0 saturated heterocycles. The second-order valence-electron chi connectivity index (χ2n) is 3.53. The molecule has 2 nitrogen and oxygen atoms in total. The molecular formula is C11H24ClNO. The zero-order chi connectivity index (χ0) is 10.8. The molecule has 0 aliphatic heterocycles. The van der Waals surface area contributed by atoms with Crippen LogP contribution in [0.5, 0.6) is 0 Å². The largest absolute Gasteiger partial charge is 0.382 e. The summed E-state index contributed by atoms with van der Waals surface area (Å²) in [7, 11) is 0. The number of hydrogen-bond acceptors (Lipinski definition) is 2. The van der Waals surface area contributed by atoms with E-state index in [2.05, 4.69) is 18.7 Å². The maximum Gasteiger partial charge on any atom is 0.0478 e. The fourth-order valence-electron chi connectivity index (χ4n) is 1.43. The van der Waals surface area contributed by atoms with Gasteiger partial charge >= 0.3 is 0 Å². The van der Waals surface area contributed by atoms with E-state index >= 15 is 0 Å². The average Bonchev–Trinajstić information content (AvgIpc) is 2.21. The lowest BCUT2D eigenvalue weighted by atomic mass is 10.2. The molecular weight excluding hydrogens is 198 g/mol. The third kappa shape index (κ3) is 6.63. The molecule has 0 amide bonds. The highest BCUT2D eigenvalue weighted by Crippen LogP contribution is 2.04.